The molecule has 5 rings (SSSR count). The van der Waals surface area contributed by atoms with Gasteiger partial charge in [-0.15, -0.1) is 11.3 Å². The molecule has 0 amide bonds. The second-order valence-corrected chi connectivity index (χ2v) is 8.12. The molecule has 0 aliphatic carbocycles. The van der Waals surface area contributed by atoms with Crippen molar-refractivity contribution in [2.24, 2.45) is 14.1 Å². The lowest BCUT2D eigenvalue weighted by atomic mass is 10.1. The molecule has 0 aliphatic rings. The zero-order chi connectivity index (χ0) is 18.7. The maximum absolute atomic E-state index is 4.74. The van der Waals surface area contributed by atoms with Crippen LogP contribution in [0.4, 0.5) is 5.82 Å². The fourth-order valence-electron chi connectivity index (χ4n) is 3.94. The van der Waals surface area contributed by atoms with E-state index < -0.39 is 0 Å². The van der Waals surface area contributed by atoms with E-state index in [1.807, 2.05) is 18.7 Å². The molecule has 27 heavy (non-hydrogen) atoms. The summed E-state index contributed by atoms with van der Waals surface area (Å²) in [4.78, 5) is 5.82. The number of aryl methyl sites for hydroxylation is 4. The normalized spacial score (nSPS) is 11.9. The highest BCUT2D eigenvalue weighted by Gasteiger charge is 2.18. The summed E-state index contributed by atoms with van der Waals surface area (Å²) in [5.41, 5.74) is 5.97. The number of anilines is 1. The summed E-state index contributed by atoms with van der Waals surface area (Å²) in [6.45, 7) is 4.93. The van der Waals surface area contributed by atoms with Gasteiger partial charge in [0.05, 0.1) is 16.8 Å². The van der Waals surface area contributed by atoms with Crippen LogP contribution in [0.5, 0.6) is 0 Å². The Balaban J connectivity index is 1.57. The molecule has 0 radical (unpaired) electrons. The van der Waals surface area contributed by atoms with Crippen molar-refractivity contribution < 1.29 is 0 Å². The van der Waals surface area contributed by atoms with E-state index in [2.05, 4.69) is 60.3 Å². The molecule has 0 unspecified atom stereocenters. The average Bonchev–Trinajstić information content (AvgIpc) is 3.26. The molecular weight excluding hydrogens is 354 g/mol. The number of hydrogen-bond donors (Lipinski definition) is 1. The third kappa shape index (κ3) is 2.44. The Hall–Kier alpha value is -2.86. The summed E-state index contributed by atoms with van der Waals surface area (Å²) < 4.78 is 5.39. The topological polar surface area (TPSA) is 47.7 Å². The Kier molecular flexibility index (Phi) is 3.52. The maximum atomic E-state index is 4.74. The van der Waals surface area contributed by atoms with Gasteiger partial charge in [-0.2, -0.15) is 5.10 Å². The molecule has 0 atom stereocenters. The minimum absolute atomic E-state index is 0.733. The van der Waals surface area contributed by atoms with Crippen molar-refractivity contribution in [3.05, 3.63) is 53.3 Å². The van der Waals surface area contributed by atoms with Crippen LogP contribution in [0.2, 0.25) is 0 Å². The van der Waals surface area contributed by atoms with Gasteiger partial charge in [-0.1, -0.05) is 18.2 Å². The van der Waals surface area contributed by atoms with Gasteiger partial charge in [0.1, 0.15) is 4.83 Å². The Bertz CT molecular complexity index is 1320. The molecule has 0 fully saturated rings. The fourth-order valence-corrected chi connectivity index (χ4v) is 5.23. The van der Waals surface area contributed by atoms with Crippen LogP contribution in [-0.2, 0) is 20.6 Å². The Morgan fingerprint density at radius 2 is 1.93 bits per heavy atom. The van der Waals surface area contributed by atoms with Crippen LogP contribution >= 0.6 is 11.3 Å². The molecule has 0 bridgehead atoms. The number of nitrogens with zero attached hydrogens (tertiary/aromatic N) is 4. The molecule has 6 heteroatoms. The zero-order valence-corrected chi connectivity index (χ0v) is 16.7. The van der Waals surface area contributed by atoms with E-state index in [1.165, 1.54) is 37.8 Å². The first-order valence-corrected chi connectivity index (χ1v) is 9.85. The highest BCUT2D eigenvalue weighted by Crippen LogP contribution is 2.38. The molecule has 136 valence electrons. The van der Waals surface area contributed by atoms with Crippen LogP contribution in [0.3, 0.4) is 0 Å². The van der Waals surface area contributed by atoms with Crippen LogP contribution in [0, 0.1) is 13.8 Å². The SMILES string of the molecule is Cc1cc(C)c2c(n1)sc1c(NCc3cc4ccccc4n3C)nn(C)c12. The van der Waals surface area contributed by atoms with Crippen LogP contribution in [0.25, 0.3) is 31.3 Å². The van der Waals surface area contributed by atoms with Crippen molar-refractivity contribution in [3.8, 4) is 0 Å². The molecule has 4 heterocycles. The summed E-state index contributed by atoms with van der Waals surface area (Å²) in [5.74, 6) is 0.929. The molecule has 4 aromatic heterocycles. The molecule has 5 aromatic rings. The van der Waals surface area contributed by atoms with Crippen LogP contribution in [-0.4, -0.2) is 19.3 Å². The van der Waals surface area contributed by atoms with Crippen molar-refractivity contribution in [2.75, 3.05) is 5.32 Å². The lowest BCUT2D eigenvalue weighted by Crippen LogP contribution is -2.05. The van der Waals surface area contributed by atoms with E-state index in [-0.39, 0.29) is 0 Å². The van der Waals surface area contributed by atoms with Crippen molar-refractivity contribution >= 4 is 48.5 Å². The third-order valence-electron chi connectivity index (χ3n) is 5.24. The van der Waals surface area contributed by atoms with E-state index in [9.17, 15) is 0 Å². The van der Waals surface area contributed by atoms with Gasteiger partial charge in [0.15, 0.2) is 5.82 Å². The lowest BCUT2D eigenvalue weighted by molar-refractivity contribution is 0.794. The fraction of sp³-hybridized carbons (Fsp3) is 0.238. The van der Waals surface area contributed by atoms with Gasteiger partial charge in [-0.25, -0.2) is 4.98 Å². The van der Waals surface area contributed by atoms with Gasteiger partial charge >= 0.3 is 0 Å². The van der Waals surface area contributed by atoms with Crippen LogP contribution in [0.1, 0.15) is 17.0 Å². The number of pyridine rings is 1. The molecule has 1 N–H and O–H groups in total. The van der Waals surface area contributed by atoms with E-state index in [4.69, 9.17) is 10.1 Å². The van der Waals surface area contributed by atoms with Crippen molar-refractivity contribution in [1.29, 1.82) is 0 Å². The Labute approximate surface area is 161 Å². The first-order valence-electron chi connectivity index (χ1n) is 9.03. The van der Waals surface area contributed by atoms with Gasteiger partial charge in [-0.05, 0) is 43.0 Å². The molecular formula is C21H21N5S. The molecule has 0 spiro atoms. The predicted molar refractivity (Wildman–Crippen MR) is 114 cm³/mol. The van der Waals surface area contributed by atoms with Crippen molar-refractivity contribution in [2.45, 2.75) is 20.4 Å². The van der Waals surface area contributed by atoms with E-state index >= 15 is 0 Å². The third-order valence-corrected chi connectivity index (χ3v) is 6.32. The van der Waals surface area contributed by atoms with Crippen molar-refractivity contribution in [1.82, 2.24) is 19.3 Å². The number of rotatable bonds is 3. The second-order valence-electron chi connectivity index (χ2n) is 7.12. The van der Waals surface area contributed by atoms with Gasteiger partial charge in [0, 0.05) is 36.4 Å². The van der Waals surface area contributed by atoms with Gasteiger partial charge < -0.3 is 9.88 Å². The van der Waals surface area contributed by atoms with Gasteiger partial charge in [-0.3, -0.25) is 4.68 Å². The summed E-state index contributed by atoms with van der Waals surface area (Å²) >= 11 is 1.72. The van der Waals surface area contributed by atoms with Gasteiger partial charge in [0.2, 0.25) is 0 Å². The highest BCUT2D eigenvalue weighted by molar-refractivity contribution is 7.26. The number of nitrogens with one attached hydrogen (secondary N) is 1. The lowest BCUT2D eigenvalue weighted by Gasteiger charge is -2.05. The zero-order valence-electron chi connectivity index (χ0n) is 15.9. The molecule has 1 aromatic carbocycles. The number of aromatic nitrogens is 4. The number of fused-ring (bicyclic) bond motifs is 4. The Morgan fingerprint density at radius 1 is 1.11 bits per heavy atom. The summed E-state index contributed by atoms with van der Waals surface area (Å²) in [6, 6.07) is 12.8. The van der Waals surface area contributed by atoms with Crippen LogP contribution in [0.15, 0.2) is 36.4 Å². The largest absolute Gasteiger partial charge is 0.362 e. The second kappa shape index (κ2) is 5.82. The summed E-state index contributed by atoms with van der Waals surface area (Å²) in [6.07, 6.45) is 0. The summed E-state index contributed by atoms with van der Waals surface area (Å²) in [7, 11) is 4.12. The number of benzene rings is 1. The molecule has 5 nitrogen and oxygen atoms in total. The number of hydrogen-bond acceptors (Lipinski definition) is 4. The minimum Gasteiger partial charge on any atom is -0.362 e. The molecule has 0 saturated heterocycles. The monoisotopic (exact) mass is 375 g/mol. The molecule has 0 saturated carbocycles. The smallest absolute Gasteiger partial charge is 0.166 e. The summed E-state index contributed by atoms with van der Waals surface area (Å²) in [5, 5.41) is 10.8. The van der Waals surface area contributed by atoms with E-state index in [1.54, 1.807) is 11.3 Å². The van der Waals surface area contributed by atoms with E-state index in [0.29, 0.717) is 0 Å². The predicted octanol–water partition coefficient (Wildman–Crippen LogP) is 4.90. The minimum atomic E-state index is 0.733. The average molecular weight is 376 g/mol. The Morgan fingerprint density at radius 3 is 2.74 bits per heavy atom. The van der Waals surface area contributed by atoms with Crippen molar-refractivity contribution in [3.63, 3.8) is 0 Å². The molecule has 0 aliphatic heterocycles. The number of para-hydroxylation sites is 1. The first-order chi connectivity index (χ1) is 13.0. The van der Waals surface area contributed by atoms with Crippen LogP contribution < -0.4 is 5.32 Å². The maximum Gasteiger partial charge on any atom is 0.166 e. The number of thiophene rings is 1. The first kappa shape index (κ1) is 16.3. The quantitative estimate of drug-likeness (QED) is 0.488. The van der Waals surface area contributed by atoms with Gasteiger partial charge in [0.25, 0.3) is 0 Å². The van der Waals surface area contributed by atoms with E-state index in [0.717, 1.165) is 22.9 Å². The standard InChI is InChI=1S/C21H21N5S/c1-12-9-13(2)23-21-17(12)18-19(27-21)20(24-26(18)4)22-11-15-10-14-7-5-6-8-16(14)25(15)3/h5-10H,11H2,1-4H3,(H,22,24). The highest BCUT2D eigenvalue weighted by atomic mass is 32.1.